The van der Waals surface area contributed by atoms with Crippen molar-refractivity contribution in [1.29, 1.82) is 0 Å². The second kappa shape index (κ2) is 9.30. The zero-order valence-electron chi connectivity index (χ0n) is 13.9. The van der Waals surface area contributed by atoms with Crippen molar-refractivity contribution in [3.05, 3.63) is 23.9 Å². The smallest absolute Gasteiger partial charge is 0.191 e. The van der Waals surface area contributed by atoms with E-state index in [0.717, 1.165) is 31.4 Å². The maximum Gasteiger partial charge on any atom is 0.191 e. The van der Waals surface area contributed by atoms with Gasteiger partial charge in [0.2, 0.25) is 0 Å². The molecule has 1 aliphatic carbocycles. The molecule has 1 aromatic rings. The number of aliphatic imine (C=N–C) groups is 1. The summed E-state index contributed by atoms with van der Waals surface area (Å²) in [5.41, 5.74) is 1.26. The van der Waals surface area contributed by atoms with Crippen molar-refractivity contribution < 1.29 is 0 Å². The van der Waals surface area contributed by atoms with Gasteiger partial charge in [-0.1, -0.05) is 12.8 Å². The number of hydrogen-bond acceptors (Lipinski definition) is 3. The predicted octanol–water partition coefficient (Wildman–Crippen LogP) is 2.91. The maximum absolute atomic E-state index is 4.50. The van der Waals surface area contributed by atoms with Gasteiger partial charge in [0.1, 0.15) is 5.82 Å². The van der Waals surface area contributed by atoms with Crippen LogP contribution in [-0.4, -0.2) is 37.1 Å². The summed E-state index contributed by atoms with van der Waals surface area (Å²) in [7, 11) is 1.84. The van der Waals surface area contributed by atoms with Gasteiger partial charge in [0.25, 0.3) is 0 Å². The molecule has 2 N–H and O–H groups in total. The second-order valence-electron chi connectivity index (χ2n) is 6.27. The predicted molar refractivity (Wildman–Crippen MR) is 107 cm³/mol. The summed E-state index contributed by atoms with van der Waals surface area (Å²) in [6, 6.07) is 4.86. The molecule has 1 saturated heterocycles. The average Bonchev–Trinajstić information content (AvgIpc) is 3.25. The molecule has 0 radical (unpaired) electrons. The van der Waals surface area contributed by atoms with E-state index in [4.69, 9.17) is 0 Å². The summed E-state index contributed by atoms with van der Waals surface area (Å²) in [4.78, 5) is 11.2. The third-order valence-electron chi connectivity index (χ3n) is 4.62. The Balaban J connectivity index is 0.00000192. The second-order valence-corrected chi connectivity index (χ2v) is 6.27. The number of nitrogens with one attached hydrogen (secondary N) is 2. The van der Waals surface area contributed by atoms with Crippen LogP contribution in [0, 0.1) is 0 Å². The van der Waals surface area contributed by atoms with Crippen LogP contribution in [0.4, 0.5) is 5.82 Å². The van der Waals surface area contributed by atoms with Gasteiger partial charge >= 0.3 is 0 Å². The standard InChI is InChI=1S/C17H27N5.HI/c1-18-17(21-15-6-2-3-7-15)20-13-14-8-9-19-16(12-14)22-10-4-5-11-22;/h8-9,12,15H,2-7,10-11,13H2,1H3,(H2,18,20,21);1H. The molecule has 5 nitrogen and oxygen atoms in total. The lowest BCUT2D eigenvalue weighted by Crippen LogP contribution is -2.41. The summed E-state index contributed by atoms with van der Waals surface area (Å²) in [5.74, 6) is 2.02. The van der Waals surface area contributed by atoms with Crippen molar-refractivity contribution in [2.24, 2.45) is 4.99 Å². The number of guanidine groups is 1. The van der Waals surface area contributed by atoms with Crippen LogP contribution in [0.5, 0.6) is 0 Å². The molecule has 23 heavy (non-hydrogen) atoms. The number of pyridine rings is 1. The van der Waals surface area contributed by atoms with Gasteiger partial charge in [-0.15, -0.1) is 24.0 Å². The van der Waals surface area contributed by atoms with Crippen LogP contribution in [-0.2, 0) is 6.54 Å². The van der Waals surface area contributed by atoms with Crippen molar-refractivity contribution in [3.8, 4) is 0 Å². The minimum absolute atomic E-state index is 0. The van der Waals surface area contributed by atoms with E-state index in [1.54, 1.807) is 0 Å². The van der Waals surface area contributed by atoms with Gasteiger partial charge < -0.3 is 15.5 Å². The minimum Gasteiger partial charge on any atom is -0.357 e. The molecule has 1 aromatic heterocycles. The van der Waals surface area contributed by atoms with Crippen molar-refractivity contribution >= 4 is 35.8 Å². The van der Waals surface area contributed by atoms with Gasteiger partial charge in [-0.25, -0.2) is 4.98 Å². The lowest BCUT2D eigenvalue weighted by atomic mass is 10.2. The molecular formula is C17H28IN5. The Morgan fingerprint density at radius 3 is 2.70 bits per heavy atom. The highest BCUT2D eigenvalue weighted by atomic mass is 127. The number of anilines is 1. The molecular weight excluding hydrogens is 401 g/mol. The first-order valence-electron chi connectivity index (χ1n) is 8.52. The lowest BCUT2D eigenvalue weighted by Gasteiger charge is -2.18. The minimum atomic E-state index is 0. The van der Waals surface area contributed by atoms with Crippen LogP contribution in [0.25, 0.3) is 0 Å². The lowest BCUT2D eigenvalue weighted by molar-refractivity contribution is 0.613. The molecule has 2 aliphatic rings. The van der Waals surface area contributed by atoms with Gasteiger partial charge in [0, 0.05) is 38.9 Å². The highest BCUT2D eigenvalue weighted by Gasteiger charge is 2.16. The fourth-order valence-electron chi connectivity index (χ4n) is 3.33. The summed E-state index contributed by atoms with van der Waals surface area (Å²) < 4.78 is 0. The van der Waals surface area contributed by atoms with E-state index < -0.39 is 0 Å². The first kappa shape index (κ1) is 18.3. The third-order valence-corrected chi connectivity index (χ3v) is 4.62. The van der Waals surface area contributed by atoms with Gasteiger partial charge in [-0.2, -0.15) is 0 Å². The highest BCUT2D eigenvalue weighted by molar-refractivity contribution is 14.0. The van der Waals surface area contributed by atoms with Crippen LogP contribution in [0.3, 0.4) is 0 Å². The quantitative estimate of drug-likeness (QED) is 0.439. The molecule has 6 heteroatoms. The molecule has 0 spiro atoms. The molecule has 2 heterocycles. The normalized spacial score (nSPS) is 18.8. The molecule has 2 fully saturated rings. The van der Waals surface area contributed by atoms with E-state index >= 15 is 0 Å². The van der Waals surface area contributed by atoms with Crippen LogP contribution >= 0.6 is 24.0 Å². The molecule has 1 aliphatic heterocycles. The summed E-state index contributed by atoms with van der Waals surface area (Å²) in [5, 5.41) is 6.94. The van der Waals surface area contributed by atoms with Crippen molar-refractivity contribution in [3.63, 3.8) is 0 Å². The molecule has 0 aromatic carbocycles. The van der Waals surface area contributed by atoms with Crippen LogP contribution in [0.1, 0.15) is 44.1 Å². The summed E-state index contributed by atoms with van der Waals surface area (Å²) >= 11 is 0. The van der Waals surface area contributed by atoms with Gasteiger partial charge in [-0.3, -0.25) is 4.99 Å². The van der Waals surface area contributed by atoms with E-state index in [1.807, 2.05) is 13.2 Å². The van der Waals surface area contributed by atoms with Gasteiger partial charge in [0.05, 0.1) is 0 Å². The van der Waals surface area contributed by atoms with E-state index in [0.29, 0.717) is 6.04 Å². The summed E-state index contributed by atoms with van der Waals surface area (Å²) in [6.07, 6.45) is 9.66. The van der Waals surface area contributed by atoms with Gasteiger partial charge in [-0.05, 0) is 43.4 Å². The van der Waals surface area contributed by atoms with E-state index in [9.17, 15) is 0 Å². The Morgan fingerprint density at radius 2 is 2.00 bits per heavy atom. The number of aromatic nitrogens is 1. The molecule has 128 valence electrons. The van der Waals surface area contributed by atoms with Crippen molar-refractivity contribution in [2.75, 3.05) is 25.0 Å². The Hall–Kier alpha value is -1.05. The largest absolute Gasteiger partial charge is 0.357 e. The fourth-order valence-corrected chi connectivity index (χ4v) is 3.33. The Labute approximate surface area is 156 Å². The topological polar surface area (TPSA) is 52.6 Å². The molecule has 0 bridgehead atoms. The number of halogens is 1. The molecule has 0 unspecified atom stereocenters. The van der Waals surface area contributed by atoms with Crippen molar-refractivity contribution in [1.82, 2.24) is 15.6 Å². The Morgan fingerprint density at radius 1 is 1.26 bits per heavy atom. The SMILES string of the molecule is CN=C(NCc1ccnc(N2CCCC2)c1)NC1CCCC1.I. The highest BCUT2D eigenvalue weighted by Crippen LogP contribution is 2.19. The number of rotatable bonds is 4. The Bertz CT molecular complexity index is 507. The van der Waals surface area contributed by atoms with Gasteiger partial charge in [0.15, 0.2) is 5.96 Å². The average molecular weight is 429 g/mol. The Kier molecular flexibility index (Phi) is 7.39. The molecule has 1 saturated carbocycles. The van der Waals surface area contributed by atoms with Crippen LogP contribution in [0.15, 0.2) is 23.3 Å². The third kappa shape index (κ3) is 5.22. The number of hydrogen-bond donors (Lipinski definition) is 2. The zero-order chi connectivity index (χ0) is 15.2. The maximum atomic E-state index is 4.50. The fraction of sp³-hybridized carbons (Fsp3) is 0.647. The van der Waals surface area contributed by atoms with Crippen LogP contribution < -0.4 is 15.5 Å². The van der Waals surface area contributed by atoms with E-state index in [-0.39, 0.29) is 24.0 Å². The monoisotopic (exact) mass is 429 g/mol. The van der Waals surface area contributed by atoms with E-state index in [1.165, 1.54) is 44.1 Å². The zero-order valence-corrected chi connectivity index (χ0v) is 16.3. The van der Waals surface area contributed by atoms with Crippen LogP contribution in [0.2, 0.25) is 0 Å². The number of nitrogens with zero attached hydrogens (tertiary/aromatic N) is 3. The molecule has 0 amide bonds. The first-order valence-corrected chi connectivity index (χ1v) is 8.52. The summed E-state index contributed by atoms with van der Waals surface area (Å²) in [6.45, 7) is 3.05. The van der Waals surface area contributed by atoms with Crippen molar-refractivity contribution in [2.45, 2.75) is 51.1 Å². The van der Waals surface area contributed by atoms with E-state index in [2.05, 4.69) is 37.6 Å². The first-order chi connectivity index (χ1) is 10.8. The molecule has 3 rings (SSSR count). The molecule has 0 atom stereocenters.